The molecule has 0 aliphatic carbocycles. The maximum Gasteiger partial charge on any atom is 0.142 e. The molecule has 0 fully saturated rings. The summed E-state index contributed by atoms with van der Waals surface area (Å²) in [6.45, 7) is 2.01. The van der Waals surface area contributed by atoms with Crippen molar-refractivity contribution < 1.29 is 4.79 Å². The average Bonchev–Trinajstić information content (AvgIpc) is 2.28. The van der Waals surface area contributed by atoms with E-state index in [1.165, 1.54) is 6.20 Å². The molecule has 0 aliphatic rings. The van der Waals surface area contributed by atoms with Crippen molar-refractivity contribution in [2.75, 3.05) is 5.73 Å². The van der Waals surface area contributed by atoms with Crippen LogP contribution in [0.2, 0.25) is 0 Å². The maximum absolute atomic E-state index is 10.5. The fourth-order valence-electron chi connectivity index (χ4n) is 1.63. The first-order valence-electron chi connectivity index (χ1n) is 5.16. The number of aldehydes is 1. The summed E-state index contributed by atoms with van der Waals surface area (Å²) >= 11 is 0. The second-order valence-corrected chi connectivity index (χ2v) is 3.85. The van der Waals surface area contributed by atoms with Crippen LogP contribution in [0.5, 0.6) is 0 Å². The molecule has 0 saturated heterocycles. The zero-order chi connectivity index (χ0) is 11.5. The van der Waals surface area contributed by atoms with Gasteiger partial charge in [-0.2, -0.15) is 0 Å². The molecule has 4 heteroatoms. The van der Waals surface area contributed by atoms with Crippen molar-refractivity contribution in [3.05, 3.63) is 30.0 Å². The molecule has 1 unspecified atom stereocenters. The van der Waals surface area contributed by atoms with Crippen LogP contribution in [0.4, 0.5) is 5.82 Å². The summed E-state index contributed by atoms with van der Waals surface area (Å²) in [6, 6.07) is 5.80. The third kappa shape index (κ3) is 2.00. The molecule has 0 saturated carbocycles. The highest BCUT2D eigenvalue weighted by Crippen LogP contribution is 2.21. The SMILES string of the molecule is CC(CC=O)c1ccc2nc(N)cnc2c1. The number of carbonyl (C=O) groups excluding carboxylic acids is 1. The van der Waals surface area contributed by atoms with Gasteiger partial charge in [-0.05, 0) is 23.6 Å². The molecule has 1 aromatic carbocycles. The van der Waals surface area contributed by atoms with Gasteiger partial charge in [0.15, 0.2) is 0 Å². The number of nitrogen functional groups attached to an aromatic ring is 1. The average molecular weight is 215 g/mol. The van der Waals surface area contributed by atoms with Gasteiger partial charge in [-0.15, -0.1) is 0 Å². The van der Waals surface area contributed by atoms with Gasteiger partial charge in [0, 0.05) is 6.42 Å². The monoisotopic (exact) mass is 215 g/mol. The third-order valence-corrected chi connectivity index (χ3v) is 2.60. The van der Waals surface area contributed by atoms with Crippen LogP contribution >= 0.6 is 0 Å². The quantitative estimate of drug-likeness (QED) is 0.794. The molecule has 2 rings (SSSR count). The van der Waals surface area contributed by atoms with Crippen LogP contribution in [0.15, 0.2) is 24.4 Å². The summed E-state index contributed by atoms with van der Waals surface area (Å²) in [5.41, 5.74) is 8.23. The molecule has 0 bridgehead atoms. The van der Waals surface area contributed by atoms with E-state index >= 15 is 0 Å². The Balaban J connectivity index is 2.44. The molecule has 0 amide bonds. The number of hydrogen-bond acceptors (Lipinski definition) is 4. The Hall–Kier alpha value is -1.97. The molecule has 1 atom stereocenters. The number of nitrogens with zero attached hydrogens (tertiary/aromatic N) is 2. The minimum absolute atomic E-state index is 0.209. The number of nitrogens with two attached hydrogens (primary N) is 1. The second-order valence-electron chi connectivity index (χ2n) is 3.85. The number of carbonyl (C=O) groups is 1. The van der Waals surface area contributed by atoms with Crippen LogP contribution in [-0.2, 0) is 4.79 Å². The first-order chi connectivity index (χ1) is 7.70. The molecule has 0 radical (unpaired) electrons. The van der Waals surface area contributed by atoms with Crippen molar-refractivity contribution in [2.45, 2.75) is 19.3 Å². The standard InChI is InChI=1S/C12H13N3O/c1-8(4-5-16)9-2-3-10-11(6-9)14-7-12(13)15-10/h2-3,5-8H,4H2,1H3,(H2,13,15). The van der Waals surface area contributed by atoms with E-state index < -0.39 is 0 Å². The van der Waals surface area contributed by atoms with Crippen LogP contribution in [0.1, 0.15) is 24.8 Å². The van der Waals surface area contributed by atoms with Gasteiger partial charge in [-0.25, -0.2) is 4.98 Å². The van der Waals surface area contributed by atoms with Crippen molar-refractivity contribution in [2.24, 2.45) is 0 Å². The summed E-state index contributed by atoms with van der Waals surface area (Å²) in [5.74, 6) is 0.627. The molecule has 0 spiro atoms. The second kappa shape index (κ2) is 4.26. The molecule has 2 aromatic rings. The fourth-order valence-corrected chi connectivity index (χ4v) is 1.63. The predicted molar refractivity (Wildman–Crippen MR) is 63.0 cm³/mol. The number of anilines is 1. The molecule has 1 heterocycles. The highest BCUT2D eigenvalue weighted by molar-refractivity contribution is 5.76. The van der Waals surface area contributed by atoms with Crippen molar-refractivity contribution >= 4 is 23.1 Å². The van der Waals surface area contributed by atoms with Gasteiger partial charge >= 0.3 is 0 Å². The van der Waals surface area contributed by atoms with Gasteiger partial charge in [-0.1, -0.05) is 13.0 Å². The zero-order valence-electron chi connectivity index (χ0n) is 9.05. The van der Waals surface area contributed by atoms with E-state index in [4.69, 9.17) is 5.73 Å². The van der Waals surface area contributed by atoms with Gasteiger partial charge < -0.3 is 10.5 Å². The zero-order valence-corrected chi connectivity index (χ0v) is 9.05. The van der Waals surface area contributed by atoms with Crippen molar-refractivity contribution in [1.29, 1.82) is 0 Å². The summed E-state index contributed by atoms with van der Waals surface area (Å²) in [4.78, 5) is 18.8. The fraction of sp³-hybridized carbons (Fsp3) is 0.250. The summed E-state index contributed by atoms with van der Waals surface area (Å²) in [6.07, 6.45) is 2.99. The van der Waals surface area contributed by atoms with Gasteiger partial charge in [-0.3, -0.25) is 4.98 Å². The number of rotatable bonds is 3. The lowest BCUT2D eigenvalue weighted by molar-refractivity contribution is -0.108. The molecule has 82 valence electrons. The number of benzene rings is 1. The largest absolute Gasteiger partial charge is 0.382 e. The van der Waals surface area contributed by atoms with E-state index in [2.05, 4.69) is 9.97 Å². The van der Waals surface area contributed by atoms with E-state index in [0.717, 1.165) is 22.9 Å². The van der Waals surface area contributed by atoms with Crippen molar-refractivity contribution in [1.82, 2.24) is 9.97 Å². The minimum Gasteiger partial charge on any atom is -0.382 e. The highest BCUT2D eigenvalue weighted by atomic mass is 16.1. The highest BCUT2D eigenvalue weighted by Gasteiger charge is 2.06. The van der Waals surface area contributed by atoms with Crippen LogP contribution in [-0.4, -0.2) is 16.3 Å². The Morgan fingerprint density at radius 1 is 1.44 bits per heavy atom. The van der Waals surface area contributed by atoms with Crippen LogP contribution < -0.4 is 5.73 Å². The van der Waals surface area contributed by atoms with E-state index in [0.29, 0.717) is 12.2 Å². The Morgan fingerprint density at radius 3 is 3.00 bits per heavy atom. The number of hydrogen-bond donors (Lipinski definition) is 1. The predicted octanol–water partition coefficient (Wildman–Crippen LogP) is 1.90. The number of aromatic nitrogens is 2. The summed E-state index contributed by atoms with van der Waals surface area (Å²) in [7, 11) is 0. The normalized spacial score (nSPS) is 12.6. The van der Waals surface area contributed by atoms with E-state index in [1.807, 2.05) is 25.1 Å². The lowest BCUT2D eigenvalue weighted by atomic mass is 9.98. The Morgan fingerprint density at radius 2 is 2.25 bits per heavy atom. The smallest absolute Gasteiger partial charge is 0.142 e. The molecular weight excluding hydrogens is 202 g/mol. The Labute approximate surface area is 93.5 Å². The van der Waals surface area contributed by atoms with Gasteiger partial charge in [0.25, 0.3) is 0 Å². The van der Waals surface area contributed by atoms with Crippen LogP contribution in [0.25, 0.3) is 11.0 Å². The van der Waals surface area contributed by atoms with E-state index in [-0.39, 0.29) is 5.92 Å². The summed E-state index contributed by atoms with van der Waals surface area (Å²) in [5, 5.41) is 0. The molecular formula is C12H13N3O. The van der Waals surface area contributed by atoms with Gasteiger partial charge in [0.2, 0.25) is 0 Å². The van der Waals surface area contributed by atoms with Crippen molar-refractivity contribution in [3.8, 4) is 0 Å². The summed E-state index contributed by atoms with van der Waals surface area (Å²) < 4.78 is 0. The molecule has 16 heavy (non-hydrogen) atoms. The Kier molecular flexibility index (Phi) is 2.81. The molecule has 1 aromatic heterocycles. The third-order valence-electron chi connectivity index (χ3n) is 2.60. The molecule has 0 aliphatic heterocycles. The van der Waals surface area contributed by atoms with E-state index in [1.54, 1.807) is 0 Å². The first kappa shape index (κ1) is 10.5. The molecule has 2 N–H and O–H groups in total. The first-order valence-corrected chi connectivity index (χ1v) is 5.16. The van der Waals surface area contributed by atoms with Crippen LogP contribution in [0.3, 0.4) is 0 Å². The van der Waals surface area contributed by atoms with Gasteiger partial charge in [0.1, 0.15) is 12.1 Å². The maximum atomic E-state index is 10.5. The lowest BCUT2D eigenvalue weighted by Gasteiger charge is -2.08. The lowest BCUT2D eigenvalue weighted by Crippen LogP contribution is -1.97. The van der Waals surface area contributed by atoms with Gasteiger partial charge in [0.05, 0.1) is 17.2 Å². The Bertz CT molecular complexity index is 525. The minimum atomic E-state index is 0.209. The van der Waals surface area contributed by atoms with E-state index in [9.17, 15) is 4.79 Å². The van der Waals surface area contributed by atoms with Crippen LogP contribution in [0, 0.1) is 0 Å². The molecule has 4 nitrogen and oxygen atoms in total. The van der Waals surface area contributed by atoms with Crippen molar-refractivity contribution in [3.63, 3.8) is 0 Å². The number of fused-ring (bicyclic) bond motifs is 1. The topological polar surface area (TPSA) is 68.9 Å².